The number of hydrogen-bond donors (Lipinski definition) is 1. The Labute approximate surface area is 117 Å². The van der Waals surface area contributed by atoms with Crippen molar-refractivity contribution in [3.05, 3.63) is 54.6 Å². The average Bonchev–Trinajstić information content (AvgIpc) is 2.80. The fourth-order valence-corrected chi connectivity index (χ4v) is 3.21. The third-order valence-corrected chi connectivity index (χ3v) is 4.09. The second-order valence-corrected chi connectivity index (χ2v) is 5.20. The molecule has 20 heavy (non-hydrogen) atoms. The molecule has 2 heteroatoms. The number of nitrogens with zero attached hydrogens (tertiary/aromatic N) is 1. The summed E-state index contributed by atoms with van der Waals surface area (Å²) in [5.41, 5.74) is 9.32. The molecule has 0 atom stereocenters. The summed E-state index contributed by atoms with van der Waals surface area (Å²) in [7, 11) is 0. The van der Waals surface area contributed by atoms with Crippen LogP contribution in [0.2, 0.25) is 0 Å². The lowest BCUT2D eigenvalue weighted by Gasteiger charge is -2.06. The highest BCUT2D eigenvalue weighted by Gasteiger charge is 2.12. The summed E-state index contributed by atoms with van der Waals surface area (Å²) in [6, 6.07) is 19.2. The van der Waals surface area contributed by atoms with Gasteiger partial charge < -0.3 is 10.3 Å². The van der Waals surface area contributed by atoms with Gasteiger partial charge in [-0.15, -0.1) is 0 Å². The molecule has 1 aromatic heterocycles. The molecular weight excluding hydrogens is 244 g/mol. The molecule has 4 rings (SSSR count). The van der Waals surface area contributed by atoms with Crippen LogP contribution in [0.15, 0.2) is 54.6 Å². The predicted molar refractivity (Wildman–Crippen MR) is 87.0 cm³/mol. The van der Waals surface area contributed by atoms with Gasteiger partial charge in [0.2, 0.25) is 0 Å². The monoisotopic (exact) mass is 260 g/mol. The minimum absolute atomic E-state index is 0.819. The Bertz CT molecular complexity index is 948. The molecule has 0 radical (unpaired) electrons. The molecule has 0 bridgehead atoms. The zero-order valence-corrected chi connectivity index (χ0v) is 11.4. The molecule has 0 aliphatic rings. The normalized spacial score (nSPS) is 11.7. The van der Waals surface area contributed by atoms with Gasteiger partial charge in [-0.05, 0) is 24.4 Å². The van der Waals surface area contributed by atoms with Crippen molar-refractivity contribution in [1.29, 1.82) is 0 Å². The van der Waals surface area contributed by atoms with Crippen LogP contribution in [0, 0.1) is 0 Å². The summed E-state index contributed by atoms with van der Waals surface area (Å²) in [6.45, 7) is 3.13. The molecule has 2 nitrogen and oxygen atoms in total. The zero-order valence-electron chi connectivity index (χ0n) is 11.4. The maximum absolute atomic E-state index is 5.97. The Morgan fingerprint density at radius 1 is 0.900 bits per heavy atom. The molecule has 0 spiro atoms. The molecule has 0 unspecified atom stereocenters. The van der Waals surface area contributed by atoms with Crippen molar-refractivity contribution in [3.8, 4) is 0 Å². The number of anilines is 1. The lowest BCUT2D eigenvalue weighted by atomic mass is 10.1. The van der Waals surface area contributed by atoms with Crippen molar-refractivity contribution in [2.45, 2.75) is 13.5 Å². The van der Waals surface area contributed by atoms with Gasteiger partial charge >= 0.3 is 0 Å². The molecule has 2 N–H and O–H groups in total. The summed E-state index contributed by atoms with van der Waals surface area (Å²) in [4.78, 5) is 0. The van der Waals surface area contributed by atoms with Gasteiger partial charge in [-0.1, -0.05) is 42.5 Å². The summed E-state index contributed by atoms with van der Waals surface area (Å²) < 4.78 is 2.36. The molecule has 0 aliphatic carbocycles. The summed E-state index contributed by atoms with van der Waals surface area (Å²) in [5, 5.41) is 5.18. The van der Waals surface area contributed by atoms with E-state index < -0.39 is 0 Å². The van der Waals surface area contributed by atoms with Gasteiger partial charge in [0.05, 0.1) is 11.0 Å². The lowest BCUT2D eigenvalue weighted by molar-refractivity contribution is 0.829. The Morgan fingerprint density at radius 3 is 2.55 bits per heavy atom. The third kappa shape index (κ3) is 1.39. The van der Waals surface area contributed by atoms with Gasteiger partial charge in [0.1, 0.15) is 0 Å². The van der Waals surface area contributed by atoms with Crippen LogP contribution in [0.3, 0.4) is 0 Å². The van der Waals surface area contributed by atoms with E-state index in [0.717, 1.165) is 12.2 Å². The highest BCUT2D eigenvalue weighted by atomic mass is 15.0. The molecule has 0 saturated carbocycles. The number of nitrogens with two attached hydrogens (primary N) is 1. The second-order valence-electron chi connectivity index (χ2n) is 5.20. The number of aryl methyl sites for hydroxylation is 1. The maximum atomic E-state index is 5.97. The molecule has 0 amide bonds. The molecule has 4 aromatic rings. The zero-order chi connectivity index (χ0) is 13.7. The SMILES string of the molecule is CCn1c2cc(N)ccc2c2ccc3ccccc3c21. The van der Waals surface area contributed by atoms with Crippen molar-refractivity contribution in [3.63, 3.8) is 0 Å². The van der Waals surface area contributed by atoms with E-state index in [1.807, 2.05) is 6.07 Å². The molecule has 0 aliphatic heterocycles. The lowest BCUT2D eigenvalue weighted by Crippen LogP contribution is -1.94. The van der Waals surface area contributed by atoms with Gasteiger partial charge in [-0.2, -0.15) is 0 Å². The minimum atomic E-state index is 0.819. The molecule has 3 aromatic carbocycles. The van der Waals surface area contributed by atoms with E-state index in [1.165, 1.54) is 32.6 Å². The molecule has 98 valence electrons. The largest absolute Gasteiger partial charge is 0.399 e. The van der Waals surface area contributed by atoms with E-state index in [1.54, 1.807) is 0 Å². The number of hydrogen-bond acceptors (Lipinski definition) is 1. The van der Waals surface area contributed by atoms with Crippen molar-refractivity contribution < 1.29 is 0 Å². The van der Waals surface area contributed by atoms with Gasteiger partial charge in [-0.25, -0.2) is 0 Å². The first-order chi connectivity index (χ1) is 9.79. The Balaban J connectivity index is 2.34. The number of nitrogen functional groups attached to an aromatic ring is 1. The van der Waals surface area contributed by atoms with Gasteiger partial charge in [0, 0.05) is 28.4 Å². The van der Waals surface area contributed by atoms with Crippen LogP contribution in [0.25, 0.3) is 32.6 Å². The summed E-state index contributed by atoms with van der Waals surface area (Å²) in [5.74, 6) is 0. The van der Waals surface area contributed by atoms with Crippen molar-refractivity contribution in [2.75, 3.05) is 5.73 Å². The van der Waals surface area contributed by atoms with E-state index in [0.29, 0.717) is 0 Å². The van der Waals surface area contributed by atoms with E-state index in [2.05, 4.69) is 60.0 Å². The predicted octanol–water partition coefficient (Wildman–Crippen LogP) is 4.55. The minimum Gasteiger partial charge on any atom is -0.399 e. The van der Waals surface area contributed by atoms with Crippen molar-refractivity contribution in [2.24, 2.45) is 0 Å². The summed E-state index contributed by atoms with van der Waals surface area (Å²) >= 11 is 0. The Morgan fingerprint density at radius 2 is 1.70 bits per heavy atom. The molecule has 0 fully saturated rings. The van der Waals surface area contributed by atoms with E-state index >= 15 is 0 Å². The first-order valence-corrected chi connectivity index (χ1v) is 6.99. The van der Waals surface area contributed by atoms with Crippen LogP contribution in [0.4, 0.5) is 5.69 Å². The van der Waals surface area contributed by atoms with Crippen molar-refractivity contribution >= 4 is 38.3 Å². The standard InChI is InChI=1S/C18H16N2/c1-2-20-17-11-13(19)8-10-15(17)16-9-7-12-5-3-4-6-14(12)18(16)20/h3-11H,2,19H2,1H3. The van der Waals surface area contributed by atoms with Crippen LogP contribution in [0.1, 0.15) is 6.92 Å². The van der Waals surface area contributed by atoms with Crippen LogP contribution < -0.4 is 5.73 Å². The quantitative estimate of drug-likeness (QED) is 0.500. The molecule has 1 heterocycles. The van der Waals surface area contributed by atoms with Gasteiger partial charge in [0.25, 0.3) is 0 Å². The number of rotatable bonds is 1. The average molecular weight is 260 g/mol. The van der Waals surface area contributed by atoms with E-state index in [-0.39, 0.29) is 0 Å². The summed E-state index contributed by atoms with van der Waals surface area (Å²) in [6.07, 6.45) is 0. The van der Waals surface area contributed by atoms with Crippen LogP contribution in [0.5, 0.6) is 0 Å². The topological polar surface area (TPSA) is 30.9 Å². The number of fused-ring (bicyclic) bond motifs is 5. The van der Waals surface area contributed by atoms with Crippen LogP contribution >= 0.6 is 0 Å². The highest BCUT2D eigenvalue weighted by molar-refractivity contribution is 6.17. The smallest absolute Gasteiger partial charge is 0.0570 e. The molecule has 0 saturated heterocycles. The highest BCUT2D eigenvalue weighted by Crippen LogP contribution is 2.34. The second kappa shape index (κ2) is 4.01. The first-order valence-electron chi connectivity index (χ1n) is 6.99. The Hall–Kier alpha value is -2.48. The van der Waals surface area contributed by atoms with E-state index in [4.69, 9.17) is 5.73 Å². The number of benzene rings is 3. The van der Waals surface area contributed by atoms with Crippen LogP contribution in [-0.2, 0) is 6.54 Å². The Kier molecular flexibility index (Phi) is 2.27. The first kappa shape index (κ1) is 11.4. The van der Waals surface area contributed by atoms with Crippen LogP contribution in [-0.4, -0.2) is 4.57 Å². The molecular formula is C18H16N2. The fourth-order valence-electron chi connectivity index (χ4n) is 3.21. The van der Waals surface area contributed by atoms with Gasteiger partial charge in [-0.3, -0.25) is 0 Å². The third-order valence-electron chi connectivity index (χ3n) is 4.09. The number of aromatic nitrogens is 1. The maximum Gasteiger partial charge on any atom is 0.0570 e. The van der Waals surface area contributed by atoms with E-state index in [9.17, 15) is 0 Å². The van der Waals surface area contributed by atoms with Crippen molar-refractivity contribution in [1.82, 2.24) is 4.57 Å². The fraction of sp³-hybridized carbons (Fsp3) is 0.111. The van der Waals surface area contributed by atoms with Gasteiger partial charge in [0.15, 0.2) is 0 Å².